The van der Waals surface area contributed by atoms with Crippen molar-refractivity contribution in [3.05, 3.63) is 133 Å². The topological polar surface area (TPSA) is 86.7 Å². The molecule has 0 aliphatic rings. The Hall–Kier alpha value is -4.40. The molecule has 0 heterocycles. The summed E-state index contributed by atoms with van der Waals surface area (Å²) in [6.45, 7) is 0. The molecule has 38 heavy (non-hydrogen) atoms. The maximum Gasteiger partial charge on any atom is 0.339 e. The first kappa shape index (κ1) is 25.3. The van der Waals surface area contributed by atoms with Crippen molar-refractivity contribution in [1.29, 1.82) is 0 Å². The van der Waals surface area contributed by atoms with Crippen LogP contribution in [0, 0.1) is 0 Å². The predicted octanol–water partition coefficient (Wildman–Crippen LogP) is 6.56. The van der Waals surface area contributed by atoms with E-state index in [1.807, 2.05) is 60.7 Å². The third-order valence-electron chi connectivity index (χ3n) is 5.72. The van der Waals surface area contributed by atoms with Gasteiger partial charge in [-0.15, -0.1) is 0 Å². The van der Waals surface area contributed by atoms with Crippen LogP contribution in [0.5, 0.6) is 11.5 Å². The highest BCUT2D eigenvalue weighted by Crippen LogP contribution is 2.27. The summed E-state index contributed by atoms with van der Waals surface area (Å²) in [5.41, 5.74) is 3.76. The zero-order chi connectivity index (χ0) is 26.6. The highest BCUT2D eigenvalue weighted by Gasteiger charge is 2.23. The smallest absolute Gasteiger partial charge is 0.339 e. The van der Waals surface area contributed by atoms with Gasteiger partial charge >= 0.3 is 20.2 Å². The molecule has 0 saturated heterocycles. The quantitative estimate of drug-likeness (QED) is 0.207. The molecule has 0 saturated carbocycles. The summed E-state index contributed by atoms with van der Waals surface area (Å²) in [4.78, 5) is -0.623. The zero-order valence-corrected chi connectivity index (χ0v) is 21.6. The Morgan fingerprint density at radius 3 is 1.08 bits per heavy atom. The molecule has 5 rings (SSSR count). The third kappa shape index (κ3) is 5.77. The van der Waals surface area contributed by atoms with Gasteiger partial charge in [0.05, 0.1) is 0 Å². The van der Waals surface area contributed by atoms with E-state index in [0.717, 1.165) is 28.3 Å². The van der Waals surface area contributed by atoms with Crippen LogP contribution in [0.25, 0.3) is 22.3 Å². The van der Waals surface area contributed by atoms with Gasteiger partial charge in [0.1, 0.15) is 21.3 Å². The van der Waals surface area contributed by atoms with E-state index in [4.69, 9.17) is 8.37 Å². The summed E-state index contributed by atoms with van der Waals surface area (Å²) in [7, 11) is -8.61. The minimum absolute atomic E-state index is 0.104. The van der Waals surface area contributed by atoms with E-state index in [1.54, 1.807) is 48.5 Å². The molecule has 0 unspecified atom stereocenters. The molecule has 0 aliphatic heterocycles. The molecule has 5 aromatic carbocycles. The van der Waals surface area contributed by atoms with Crippen molar-refractivity contribution in [3.8, 4) is 33.8 Å². The summed E-state index contributed by atoms with van der Waals surface area (Å²) in [5.74, 6) is 0.209. The minimum atomic E-state index is -4.30. The molecule has 0 aromatic heterocycles. The maximum atomic E-state index is 12.9. The van der Waals surface area contributed by atoms with Gasteiger partial charge in [0.2, 0.25) is 0 Å². The van der Waals surface area contributed by atoms with E-state index < -0.39 is 20.2 Å². The number of rotatable bonds is 8. The SMILES string of the molecule is O=S(=O)(Oc1ccc(-c2ccccc2)cc1)c1cccc(S(=O)(=O)Oc2ccc(-c3ccccc3)cc2)c1. The van der Waals surface area contributed by atoms with E-state index in [2.05, 4.69) is 0 Å². The molecule has 8 heteroatoms. The molecule has 0 aliphatic carbocycles. The fraction of sp³-hybridized carbons (Fsp3) is 0. The van der Waals surface area contributed by atoms with E-state index in [-0.39, 0.29) is 21.3 Å². The van der Waals surface area contributed by atoms with Crippen molar-refractivity contribution in [2.45, 2.75) is 9.79 Å². The van der Waals surface area contributed by atoms with Crippen LogP contribution < -0.4 is 8.37 Å². The lowest BCUT2D eigenvalue weighted by Crippen LogP contribution is -2.13. The van der Waals surface area contributed by atoms with Crippen molar-refractivity contribution in [2.24, 2.45) is 0 Å². The van der Waals surface area contributed by atoms with Gasteiger partial charge in [-0.1, -0.05) is 91.0 Å². The largest absolute Gasteiger partial charge is 0.379 e. The van der Waals surface area contributed by atoms with Crippen LogP contribution in [-0.2, 0) is 20.2 Å². The van der Waals surface area contributed by atoms with Crippen LogP contribution in [0.2, 0.25) is 0 Å². The highest BCUT2D eigenvalue weighted by molar-refractivity contribution is 7.88. The molecule has 0 atom stereocenters. The highest BCUT2D eigenvalue weighted by atomic mass is 32.2. The molecule has 5 aromatic rings. The molecule has 0 spiro atoms. The maximum absolute atomic E-state index is 12.9. The molecule has 0 amide bonds. The second-order valence-electron chi connectivity index (χ2n) is 8.33. The summed E-state index contributed by atoms with van der Waals surface area (Å²) in [6, 6.07) is 37.3. The van der Waals surface area contributed by atoms with Crippen LogP contribution >= 0.6 is 0 Å². The molecular formula is C30H22O6S2. The van der Waals surface area contributed by atoms with E-state index in [9.17, 15) is 16.8 Å². The van der Waals surface area contributed by atoms with Crippen LogP contribution in [-0.4, -0.2) is 16.8 Å². The summed E-state index contributed by atoms with van der Waals surface area (Å²) in [6.07, 6.45) is 0. The number of hydrogen-bond donors (Lipinski definition) is 0. The predicted molar refractivity (Wildman–Crippen MR) is 146 cm³/mol. The van der Waals surface area contributed by atoms with Gasteiger partial charge in [-0.2, -0.15) is 16.8 Å². The lowest BCUT2D eigenvalue weighted by atomic mass is 10.1. The van der Waals surface area contributed by atoms with E-state index >= 15 is 0 Å². The number of hydrogen-bond acceptors (Lipinski definition) is 6. The summed E-state index contributed by atoms with van der Waals surface area (Å²) >= 11 is 0. The van der Waals surface area contributed by atoms with Crippen LogP contribution in [0.3, 0.4) is 0 Å². The lowest BCUT2D eigenvalue weighted by Gasteiger charge is -2.11. The summed E-state index contributed by atoms with van der Waals surface area (Å²) < 4.78 is 62.1. The average Bonchev–Trinajstić information content (AvgIpc) is 2.94. The van der Waals surface area contributed by atoms with Gasteiger partial charge in [-0.25, -0.2) is 0 Å². The second kappa shape index (κ2) is 10.5. The Bertz CT molecular complexity index is 1620. The first-order chi connectivity index (χ1) is 18.3. The fourth-order valence-corrected chi connectivity index (χ4v) is 5.83. The van der Waals surface area contributed by atoms with Crippen LogP contribution in [0.4, 0.5) is 0 Å². The Labute approximate surface area is 222 Å². The Morgan fingerprint density at radius 2 is 0.711 bits per heavy atom. The second-order valence-corrected chi connectivity index (χ2v) is 11.4. The molecule has 0 radical (unpaired) electrons. The van der Waals surface area contributed by atoms with Crippen LogP contribution in [0.15, 0.2) is 143 Å². The first-order valence-corrected chi connectivity index (χ1v) is 14.4. The standard InChI is InChI=1S/C30H22O6S2/c31-37(32,35-27-18-14-25(15-19-27)23-8-3-1-4-9-23)29-12-7-13-30(22-29)38(33,34)36-28-20-16-26(17-21-28)24-10-5-2-6-11-24/h1-22H. The van der Waals surface area contributed by atoms with Gasteiger partial charge in [-0.3, -0.25) is 0 Å². The lowest BCUT2D eigenvalue weighted by molar-refractivity contribution is 0.484. The monoisotopic (exact) mass is 542 g/mol. The summed E-state index contributed by atoms with van der Waals surface area (Å²) in [5, 5.41) is 0. The fourth-order valence-electron chi connectivity index (χ4n) is 3.80. The van der Waals surface area contributed by atoms with E-state index in [0.29, 0.717) is 0 Å². The molecule has 0 N–H and O–H groups in total. The minimum Gasteiger partial charge on any atom is -0.379 e. The van der Waals surface area contributed by atoms with Crippen molar-refractivity contribution < 1.29 is 25.2 Å². The molecule has 0 bridgehead atoms. The normalized spacial score (nSPS) is 11.6. The van der Waals surface area contributed by atoms with E-state index in [1.165, 1.54) is 18.2 Å². The molecule has 6 nitrogen and oxygen atoms in total. The molecule has 0 fully saturated rings. The van der Waals surface area contributed by atoms with Gasteiger partial charge < -0.3 is 8.37 Å². The number of benzene rings is 5. The van der Waals surface area contributed by atoms with Gasteiger partial charge in [-0.05, 0) is 64.7 Å². The Morgan fingerprint density at radius 1 is 0.368 bits per heavy atom. The average molecular weight is 543 g/mol. The van der Waals surface area contributed by atoms with Crippen molar-refractivity contribution in [1.82, 2.24) is 0 Å². The zero-order valence-electron chi connectivity index (χ0n) is 20.0. The van der Waals surface area contributed by atoms with Crippen molar-refractivity contribution in [2.75, 3.05) is 0 Å². The molecular weight excluding hydrogens is 520 g/mol. The first-order valence-electron chi connectivity index (χ1n) is 11.6. The van der Waals surface area contributed by atoms with Crippen molar-refractivity contribution in [3.63, 3.8) is 0 Å². The molecule has 190 valence electrons. The van der Waals surface area contributed by atoms with Gasteiger partial charge in [0, 0.05) is 0 Å². The van der Waals surface area contributed by atoms with Crippen LogP contribution in [0.1, 0.15) is 0 Å². The van der Waals surface area contributed by atoms with Crippen molar-refractivity contribution >= 4 is 20.2 Å². The van der Waals surface area contributed by atoms with Gasteiger partial charge in [0.15, 0.2) is 0 Å². The Kier molecular flexibility index (Phi) is 7.00. The van der Waals surface area contributed by atoms with Gasteiger partial charge in [0.25, 0.3) is 0 Å². The third-order valence-corrected chi connectivity index (χ3v) is 8.20. The Balaban J connectivity index is 1.32.